The quantitative estimate of drug-likeness (QED) is 0.771. The van der Waals surface area contributed by atoms with Gasteiger partial charge in [0.1, 0.15) is 5.75 Å². The Balaban J connectivity index is 2.52. The van der Waals surface area contributed by atoms with Gasteiger partial charge < -0.3 is 9.47 Å². The predicted octanol–water partition coefficient (Wildman–Crippen LogP) is 3.54. The number of fused-ring (bicyclic) bond motifs is 1. The van der Waals surface area contributed by atoms with Gasteiger partial charge in [0.2, 0.25) is 5.79 Å². The fourth-order valence-electron chi connectivity index (χ4n) is 1.70. The molecule has 5 heteroatoms. The highest BCUT2D eigenvalue weighted by Crippen LogP contribution is 2.35. The van der Waals surface area contributed by atoms with Crippen molar-refractivity contribution in [1.82, 2.24) is 4.98 Å². The number of rotatable bonds is 1. The largest absolute Gasteiger partial charge is 0.461 e. The highest BCUT2D eigenvalue weighted by molar-refractivity contribution is 6.30. The zero-order valence-corrected chi connectivity index (χ0v) is 10.6. The van der Waals surface area contributed by atoms with Crippen LogP contribution < -0.4 is 4.74 Å². The number of ether oxygens (including phenoxy) is 2. The van der Waals surface area contributed by atoms with Crippen LogP contribution in [0, 0.1) is 6.92 Å². The van der Waals surface area contributed by atoms with Crippen LogP contribution in [0.2, 0.25) is 0 Å². The highest BCUT2D eigenvalue weighted by Gasteiger charge is 2.30. The van der Waals surface area contributed by atoms with Crippen LogP contribution in [0.25, 0.3) is 6.08 Å². The molecular weight excluding hydrogens is 245 g/mol. The molecule has 0 spiro atoms. The third kappa shape index (κ3) is 2.58. The van der Waals surface area contributed by atoms with Gasteiger partial charge in [0.15, 0.2) is 5.29 Å². The summed E-state index contributed by atoms with van der Waals surface area (Å²) in [5, 5.41) is -0.789. The van der Waals surface area contributed by atoms with Crippen LogP contribution in [-0.2, 0) is 11.3 Å². The van der Waals surface area contributed by atoms with E-state index in [0.29, 0.717) is 17.9 Å². The Bertz CT molecular complexity index is 482. The summed E-state index contributed by atoms with van der Waals surface area (Å²) in [6, 6.07) is 0. The number of halogens is 2. The number of aryl methyl sites for hydroxylation is 1. The average molecular weight is 258 g/mol. The van der Waals surface area contributed by atoms with Crippen LogP contribution in [0.4, 0.5) is 4.39 Å². The molecule has 3 nitrogen and oxygen atoms in total. The maximum atomic E-state index is 12.7. The lowest BCUT2D eigenvalue weighted by Crippen LogP contribution is -2.36. The van der Waals surface area contributed by atoms with E-state index >= 15 is 0 Å². The van der Waals surface area contributed by atoms with Gasteiger partial charge in [-0.2, -0.15) is 4.39 Å². The van der Waals surface area contributed by atoms with Crippen molar-refractivity contribution < 1.29 is 13.9 Å². The van der Waals surface area contributed by atoms with Crippen LogP contribution in [0.3, 0.4) is 0 Å². The molecule has 1 aromatic heterocycles. The van der Waals surface area contributed by atoms with Crippen LogP contribution in [0.15, 0.2) is 11.5 Å². The second kappa shape index (κ2) is 4.27. The summed E-state index contributed by atoms with van der Waals surface area (Å²) >= 11 is 5.24. The number of hydrogen-bond acceptors (Lipinski definition) is 3. The maximum Gasteiger partial charge on any atom is 0.205 e. The van der Waals surface area contributed by atoms with Crippen molar-refractivity contribution in [2.24, 2.45) is 0 Å². The molecule has 1 aliphatic rings. The summed E-state index contributed by atoms with van der Waals surface area (Å²) in [5.41, 5.74) is 2.10. The van der Waals surface area contributed by atoms with E-state index in [-0.39, 0.29) is 0 Å². The third-order valence-electron chi connectivity index (χ3n) is 2.53. The average Bonchev–Trinajstić information content (AvgIpc) is 2.21. The summed E-state index contributed by atoms with van der Waals surface area (Å²) in [7, 11) is 0. The minimum absolute atomic E-state index is 0.349. The Morgan fingerprint density at radius 3 is 2.94 bits per heavy atom. The summed E-state index contributed by atoms with van der Waals surface area (Å²) in [6.07, 6.45) is 2.76. The number of nitrogens with zero attached hydrogens (tertiary/aromatic N) is 1. The Hall–Kier alpha value is -1.13. The van der Waals surface area contributed by atoms with Gasteiger partial charge in [0.25, 0.3) is 0 Å². The Labute approximate surface area is 104 Å². The molecule has 0 unspecified atom stereocenters. The summed E-state index contributed by atoms with van der Waals surface area (Å²) in [5.74, 6) is -0.0469. The van der Waals surface area contributed by atoms with Crippen molar-refractivity contribution in [1.29, 1.82) is 0 Å². The van der Waals surface area contributed by atoms with E-state index in [0.717, 1.165) is 11.3 Å². The first-order valence-electron chi connectivity index (χ1n) is 5.23. The van der Waals surface area contributed by atoms with Gasteiger partial charge in [-0.15, -0.1) is 0 Å². The smallest absolute Gasteiger partial charge is 0.205 e. The van der Waals surface area contributed by atoms with E-state index in [1.54, 1.807) is 6.20 Å². The first-order chi connectivity index (χ1) is 7.89. The van der Waals surface area contributed by atoms with Crippen molar-refractivity contribution in [3.05, 3.63) is 28.3 Å². The maximum absolute atomic E-state index is 12.7. The molecule has 0 bridgehead atoms. The van der Waals surface area contributed by atoms with E-state index < -0.39 is 11.1 Å². The Morgan fingerprint density at radius 1 is 1.59 bits per heavy atom. The Kier molecular flexibility index (Phi) is 3.10. The van der Waals surface area contributed by atoms with E-state index in [2.05, 4.69) is 4.98 Å². The predicted molar refractivity (Wildman–Crippen MR) is 63.4 cm³/mol. The van der Waals surface area contributed by atoms with Crippen LogP contribution in [-0.4, -0.2) is 10.8 Å². The molecule has 0 N–H and O–H groups in total. The SMILES string of the molecule is Cc1ncc(C=C(F)Cl)c2c1OC(C)(C)OC2. The van der Waals surface area contributed by atoms with Crippen LogP contribution >= 0.6 is 11.6 Å². The zero-order valence-electron chi connectivity index (χ0n) is 9.88. The van der Waals surface area contributed by atoms with Gasteiger partial charge in [0.05, 0.1) is 12.3 Å². The summed E-state index contributed by atoms with van der Waals surface area (Å²) in [4.78, 5) is 4.16. The van der Waals surface area contributed by atoms with Crippen molar-refractivity contribution in [3.63, 3.8) is 0 Å². The summed E-state index contributed by atoms with van der Waals surface area (Å²) < 4.78 is 23.9. The molecule has 2 rings (SSSR count). The third-order valence-corrected chi connectivity index (χ3v) is 2.63. The molecule has 17 heavy (non-hydrogen) atoms. The first kappa shape index (κ1) is 12.3. The molecule has 0 atom stereocenters. The molecule has 1 aromatic rings. The second-order valence-corrected chi connectivity index (χ2v) is 4.69. The van der Waals surface area contributed by atoms with Gasteiger partial charge in [-0.3, -0.25) is 4.98 Å². The van der Waals surface area contributed by atoms with Gasteiger partial charge >= 0.3 is 0 Å². The van der Waals surface area contributed by atoms with Crippen LogP contribution in [0.1, 0.15) is 30.7 Å². The van der Waals surface area contributed by atoms with Gasteiger partial charge in [-0.05, 0) is 13.0 Å². The minimum Gasteiger partial charge on any atom is -0.461 e. The topological polar surface area (TPSA) is 31.4 Å². The molecule has 2 heterocycles. The first-order valence-corrected chi connectivity index (χ1v) is 5.61. The van der Waals surface area contributed by atoms with Gasteiger partial charge in [-0.25, -0.2) is 0 Å². The lowest BCUT2D eigenvalue weighted by molar-refractivity contribution is -0.180. The molecule has 0 aromatic carbocycles. The highest BCUT2D eigenvalue weighted by atomic mass is 35.5. The van der Waals surface area contributed by atoms with Gasteiger partial charge in [-0.1, -0.05) is 11.6 Å². The van der Waals surface area contributed by atoms with E-state index in [1.165, 1.54) is 6.08 Å². The fourth-order valence-corrected chi connectivity index (χ4v) is 1.82. The molecule has 0 amide bonds. The Morgan fingerprint density at radius 2 is 2.29 bits per heavy atom. The molecule has 0 saturated heterocycles. The molecule has 0 radical (unpaired) electrons. The lowest BCUT2D eigenvalue weighted by atomic mass is 10.1. The van der Waals surface area contributed by atoms with Crippen molar-refractivity contribution in [2.75, 3.05) is 0 Å². The molecule has 0 aliphatic carbocycles. The molecule has 0 saturated carbocycles. The van der Waals surface area contributed by atoms with Crippen molar-refractivity contribution in [2.45, 2.75) is 33.2 Å². The fraction of sp³-hybridized carbons (Fsp3) is 0.417. The number of aromatic nitrogens is 1. The lowest BCUT2D eigenvalue weighted by Gasteiger charge is -2.33. The van der Waals surface area contributed by atoms with Crippen molar-refractivity contribution in [3.8, 4) is 5.75 Å². The summed E-state index contributed by atoms with van der Waals surface area (Å²) in [6.45, 7) is 5.83. The monoisotopic (exact) mass is 257 g/mol. The van der Waals surface area contributed by atoms with E-state index in [1.807, 2.05) is 20.8 Å². The molecular formula is C12H13ClFNO2. The van der Waals surface area contributed by atoms with Crippen LogP contribution in [0.5, 0.6) is 5.75 Å². The molecule has 92 valence electrons. The second-order valence-electron chi connectivity index (χ2n) is 4.33. The van der Waals surface area contributed by atoms with E-state index in [9.17, 15) is 4.39 Å². The van der Waals surface area contributed by atoms with E-state index in [4.69, 9.17) is 21.1 Å². The number of pyridine rings is 1. The molecule has 0 fully saturated rings. The number of hydrogen-bond donors (Lipinski definition) is 0. The normalized spacial score (nSPS) is 18.5. The minimum atomic E-state index is -0.789. The van der Waals surface area contributed by atoms with Crippen molar-refractivity contribution >= 4 is 17.7 Å². The van der Waals surface area contributed by atoms with Gasteiger partial charge in [0, 0.05) is 31.2 Å². The molecule has 1 aliphatic heterocycles. The zero-order chi connectivity index (χ0) is 12.6. The standard InChI is InChI=1S/C12H13ClFNO2/c1-7-11-9(6-16-12(2,3)17-11)8(5-15-7)4-10(13)14/h4-5H,6H2,1-3H3.